The highest BCUT2D eigenvalue weighted by molar-refractivity contribution is 5.76. The molecule has 0 radical (unpaired) electrons. The molecule has 0 aromatic carbocycles. The molecule has 0 aliphatic heterocycles. The Morgan fingerprint density at radius 2 is 0.436 bits per heavy atom. The summed E-state index contributed by atoms with van der Waals surface area (Å²) in [6, 6.07) is -0.537. The molecule has 2 unspecified atom stereocenters. The van der Waals surface area contributed by atoms with Gasteiger partial charge in [-0.1, -0.05) is 489 Å². The van der Waals surface area contributed by atoms with Crippen LogP contribution in [0.4, 0.5) is 0 Å². The van der Waals surface area contributed by atoms with Crippen molar-refractivity contribution in [2.75, 3.05) is 13.2 Å². The van der Waals surface area contributed by atoms with Crippen LogP contribution in [0.25, 0.3) is 0 Å². The Hall–Kier alpha value is -1.14. The smallest absolute Gasteiger partial charge is 0.305 e. The first kappa shape index (κ1) is 92.9. The highest BCUT2D eigenvalue weighted by atomic mass is 16.5. The van der Waals surface area contributed by atoms with Crippen LogP contribution in [0.15, 0.2) is 0 Å². The Balaban J connectivity index is 3.29. The zero-order chi connectivity index (χ0) is 67.7. The van der Waals surface area contributed by atoms with Gasteiger partial charge in [-0.2, -0.15) is 0 Å². The first-order chi connectivity index (χ1) is 46.5. The number of rotatable bonds is 85. The van der Waals surface area contributed by atoms with E-state index in [-0.39, 0.29) is 18.5 Å². The van der Waals surface area contributed by atoms with E-state index in [0.29, 0.717) is 25.9 Å². The van der Waals surface area contributed by atoms with Crippen molar-refractivity contribution in [1.29, 1.82) is 0 Å². The van der Waals surface area contributed by atoms with Crippen LogP contribution < -0.4 is 5.32 Å². The molecule has 0 bridgehead atoms. The summed E-state index contributed by atoms with van der Waals surface area (Å²) in [5.74, 6) is 0.00673. The molecule has 0 saturated carbocycles. The topological polar surface area (TPSA) is 95.9 Å². The van der Waals surface area contributed by atoms with Crippen molar-refractivity contribution in [2.45, 2.75) is 540 Å². The Morgan fingerprint density at radius 1 is 0.255 bits per heavy atom. The second-order valence-electron chi connectivity index (χ2n) is 30.9. The van der Waals surface area contributed by atoms with Crippen molar-refractivity contribution in [1.82, 2.24) is 5.32 Å². The first-order valence-electron chi connectivity index (χ1n) is 44.3. The molecule has 0 aliphatic carbocycles. The van der Waals surface area contributed by atoms with E-state index in [1.807, 2.05) is 0 Å². The quantitative estimate of drug-likeness (QED) is 0.0417. The molecule has 0 spiro atoms. The van der Waals surface area contributed by atoms with E-state index in [1.165, 1.54) is 456 Å². The van der Waals surface area contributed by atoms with Crippen molar-refractivity contribution in [3.8, 4) is 0 Å². The van der Waals surface area contributed by atoms with Crippen LogP contribution in [0.5, 0.6) is 0 Å². The molecule has 1 amide bonds. The van der Waals surface area contributed by atoms with E-state index < -0.39 is 12.1 Å². The van der Waals surface area contributed by atoms with Gasteiger partial charge in [-0.3, -0.25) is 9.59 Å². The summed E-state index contributed by atoms with van der Waals surface area (Å²) in [7, 11) is 0. The van der Waals surface area contributed by atoms with Gasteiger partial charge in [0.1, 0.15) is 0 Å². The van der Waals surface area contributed by atoms with Gasteiger partial charge in [0, 0.05) is 12.8 Å². The fourth-order valence-electron chi connectivity index (χ4n) is 14.7. The van der Waals surface area contributed by atoms with Gasteiger partial charge in [-0.25, -0.2) is 0 Å². The lowest BCUT2D eigenvalue weighted by Gasteiger charge is -2.22. The Bertz CT molecular complexity index is 1390. The zero-order valence-electron chi connectivity index (χ0n) is 64.8. The predicted molar refractivity (Wildman–Crippen MR) is 417 cm³/mol. The fourth-order valence-corrected chi connectivity index (χ4v) is 14.7. The number of nitrogens with one attached hydrogen (secondary N) is 1. The van der Waals surface area contributed by atoms with E-state index >= 15 is 0 Å². The van der Waals surface area contributed by atoms with E-state index in [4.69, 9.17) is 4.74 Å². The van der Waals surface area contributed by atoms with E-state index in [1.54, 1.807) is 0 Å². The highest BCUT2D eigenvalue weighted by Crippen LogP contribution is 2.22. The Labute approximate surface area is 591 Å². The summed E-state index contributed by atoms with van der Waals surface area (Å²) in [6.07, 6.45) is 107. The van der Waals surface area contributed by atoms with E-state index in [0.717, 1.165) is 38.5 Å². The number of aliphatic hydroxyl groups excluding tert-OH is 2. The molecule has 0 aromatic rings. The average molecular weight is 1330 g/mol. The molecule has 2 atom stereocenters. The number of aliphatic hydroxyl groups is 2. The average Bonchev–Trinajstić information content (AvgIpc) is 3.23. The molecule has 0 aromatic heterocycles. The molecular formula is C88H175NO5. The number of amides is 1. The summed E-state index contributed by atoms with van der Waals surface area (Å²) >= 11 is 0. The van der Waals surface area contributed by atoms with Crippen molar-refractivity contribution in [3.05, 3.63) is 0 Å². The summed E-state index contributed by atoms with van der Waals surface area (Å²) in [4.78, 5) is 24.7. The Kier molecular flexibility index (Phi) is 83.3. The minimum absolute atomic E-state index is 0.0219. The highest BCUT2D eigenvalue weighted by Gasteiger charge is 2.20. The predicted octanol–water partition coefficient (Wildman–Crippen LogP) is 29.6. The molecular weight excluding hydrogens is 1150 g/mol. The number of ether oxygens (including phenoxy) is 1. The standard InChI is InChI=1S/C88H175NO5/c1-3-5-7-9-11-13-15-17-19-20-21-22-40-43-46-49-53-56-60-64-68-72-76-80-86(91)85(84-90)89-87(92)81-77-73-69-65-61-57-54-50-47-44-41-38-36-34-32-30-28-26-24-23-25-27-29-31-33-35-37-39-42-45-48-51-55-59-63-67-71-75-79-83-94-88(93)82-78-74-70-66-62-58-52-18-16-14-12-10-8-6-4-2/h85-86,90-91H,3-84H2,1-2H3,(H,89,92). The van der Waals surface area contributed by atoms with Gasteiger partial charge in [0.25, 0.3) is 0 Å². The van der Waals surface area contributed by atoms with Gasteiger partial charge >= 0.3 is 5.97 Å². The third kappa shape index (κ3) is 79.8. The number of hydrogen-bond acceptors (Lipinski definition) is 5. The third-order valence-corrected chi connectivity index (χ3v) is 21.4. The van der Waals surface area contributed by atoms with E-state index in [9.17, 15) is 19.8 Å². The monoisotopic (exact) mass is 1330 g/mol. The molecule has 6 nitrogen and oxygen atoms in total. The SMILES string of the molecule is CCCCCCCCCCCCCCCCCCCCCCCCCC(O)C(CO)NC(=O)CCCCCCCCCCCCCCCCCCCCCCCCCCCCCCCCCCCCCCCCCOC(=O)CCCCCCCCCCCCCCCCC. The molecule has 3 N–H and O–H groups in total. The minimum atomic E-state index is -0.660. The zero-order valence-corrected chi connectivity index (χ0v) is 64.8. The summed E-state index contributed by atoms with van der Waals surface area (Å²) in [5, 5.41) is 23.5. The maximum absolute atomic E-state index is 12.6. The van der Waals surface area contributed by atoms with Crippen molar-refractivity contribution < 1.29 is 24.5 Å². The summed E-state index contributed by atoms with van der Waals surface area (Å²) in [6.45, 7) is 5.03. The molecule has 562 valence electrons. The normalized spacial score (nSPS) is 12.3. The van der Waals surface area contributed by atoms with E-state index in [2.05, 4.69) is 19.2 Å². The molecule has 94 heavy (non-hydrogen) atoms. The second kappa shape index (κ2) is 84.3. The molecule has 0 saturated heterocycles. The summed E-state index contributed by atoms with van der Waals surface area (Å²) in [5.41, 5.74) is 0. The van der Waals surface area contributed by atoms with Crippen LogP contribution in [0.3, 0.4) is 0 Å². The second-order valence-corrected chi connectivity index (χ2v) is 30.9. The largest absolute Gasteiger partial charge is 0.466 e. The van der Waals surface area contributed by atoms with Crippen LogP contribution in [0, 0.1) is 0 Å². The van der Waals surface area contributed by atoms with Crippen LogP contribution >= 0.6 is 0 Å². The number of unbranched alkanes of at least 4 members (excludes halogenated alkanes) is 74. The molecule has 0 heterocycles. The van der Waals surface area contributed by atoms with Crippen molar-refractivity contribution >= 4 is 11.9 Å². The lowest BCUT2D eigenvalue weighted by Crippen LogP contribution is -2.45. The molecule has 0 fully saturated rings. The van der Waals surface area contributed by atoms with Crippen LogP contribution in [-0.4, -0.2) is 47.4 Å². The third-order valence-electron chi connectivity index (χ3n) is 21.4. The van der Waals surface area contributed by atoms with Gasteiger partial charge in [0.2, 0.25) is 5.91 Å². The summed E-state index contributed by atoms with van der Waals surface area (Å²) < 4.78 is 5.51. The van der Waals surface area contributed by atoms with Gasteiger partial charge in [0.05, 0.1) is 25.4 Å². The molecule has 0 rings (SSSR count). The fraction of sp³-hybridized carbons (Fsp3) is 0.977. The lowest BCUT2D eigenvalue weighted by molar-refractivity contribution is -0.143. The van der Waals surface area contributed by atoms with Gasteiger partial charge in [-0.15, -0.1) is 0 Å². The Morgan fingerprint density at radius 3 is 0.649 bits per heavy atom. The molecule has 6 heteroatoms. The number of carbonyl (C=O) groups excluding carboxylic acids is 2. The van der Waals surface area contributed by atoms with Gasteiger partial charge in [0.15, 0.2) is 0 Å². The van der Waals surface area contributed by atoms with Gasteiger partial charge in [-0.05, 0) is 25.7 Å². The minimum Gasteiger partial charge on any atom is -0.466 e. The van der Waals surface area contributed by atoms with Crippen molar-refractivity contribution in [3.63, 3.8) is 0 Å². The lowest BCUT2D eigenvalue weighted by atomic mass is 10.0. The number of carbonyl (C=O) groups is 2. The maximum Gasteiger partial charge on any atom is 0.305 e. The van der Waals surface area contributed by atoms with Crippen LogP contribution in [0.2, 0.25) is 0 Å². The molecule has 0 aliphatic rings. The van der Waals surface area contributed by atoms with Crippen LogP contribution in [0.1, 0.15) is 528 Å². The number of esters is 1. The van der Waals surface area contributed by atoms with Crippen molar-refractivity contribution in [2.24, 2.45) is 0 Å². The maximum atomic E-state index is 12.6. The first-order valence-corrected chi connectivity index (χ1v) is 44.3. The number of hydrogen-bond donors (Lipinski definition) is 3. The van der Waals surface area contributed by atoms with Gasteiger partial charge < -0.3 is 20.3 Å². The van der Waals surface area contributed by atoms with Crippen LogP contribution in [-0.2, 0) is 14.3 Å².